The van der Waals surface area contributed by atoms with Crippen molar-refractivity contribution in [3.63, 3.8) is 0 Å². The van der Waals surface area contributed by atoms with Crippen molar-refractivity contribution in [2.75, 3.05) is 26.7 Å². The number of aromatic amines is 1. The van der Waals surface area contributed by atoms with Gasteiger partial charge in [-0.15, -0.1) is 0 Å². The van der Waals surface area contributed by atoms with Crippen LogP contribution in [0, 0.1) is 19.3 Å². The van der Waals surface area contributed by atoms with Crippen molar-refractivity contribution in [1.29, 1.82) is 0 Å². The molecule has 0 aliphatic carbocycles. The van der Waals surface area contributed by atoms with Crippen molar-refractivity contribution >= 4 is 5.97 Å². The molecule has 0 aromatic carbocycles. The van der Waals surface area contributed by atoms with Crippen molar-refractivity contribution < 1.29 is 9.90 Å². The Morgan fingerprint density at radius 1 is 1.38 bits per heavy atom. The van der Waals surface area contributed by atoms with E-state index in [1.165, 1.54) is 0 Å². The summed E-state index contributed by atoms with van der Waals surface area (Å²) in [4.78, 5) is 31.0. The lowest BCUT2D eigenvalue weighted by Gasteiger charge is -2.39. The van der Waals surface area contributed by atoms with Gasteiger partial charge in [0, 0.05) is 36.1 Å². The van der Waals surface area contributed by atoms with Crippen LogP contribution in [0.15, 0.2) is 11.0 Å². The predicted molar refractivity (Wildman–Crippen MR) is 92.2 cm³/mol. The molecule has 0 amide bonds. The van der Waals surface area contributed by atoms with Crippen LogP contribution in [0.3, 0.4) is 0 Å². The minimum atomic E-state index is -0.704. The summed E-state index contributed by atoms with van der Waals surface area (Å²) in [6, 6.07) is -0.341. The zero-order valence-electron chi connectivity index (χ0n) is 14.8. The molecular formula is C18H27N3O3. The van der Waals surface area contributed by atoms with Crippen molar-refractivity contribution in [3.05, 3.63) is 33.2 Å². The van der Waals surface area contributed by atoms with Crippen LogP contribution in [0.2, 0.25) is 0 Å². The summed E-state index contributed by atoms with van der Waals surface area (Å²) in [7, 11) is 1.92. The minimum absolute atomic E-state index is 0.124. The molecule has 0 bridgehead atoms. The third-order valence-corrected chi connectivity index (χ3v) is 5.94. The highest BCUT2D eigenvalue weighted by atomic mass is 16.4. The number of H-pyrrole nitrogens is 1. The molecule has 1 unspecified atom stereocenters. The highest BCUT2D eigenvalue weighted by Gasteiger charge is 2.46. The molecule has 6 heteroatoms. The third-order valence-electron chi connectivity index (χ3n) is 5.94. The largest absolute Gasteiger partial charge is 0.480 e. The van der Waals surface area contributed by atoms with Gasteiger partial charge in [0.25, 0.3) is 0 Å². The number of likely N-dealkylation sites (tertiary alicyclic amines) is 2. The van der Waals surface area contributed by atoms with E-state index in [4.69, 9.17) is 0 Å². The molecule has 1 aromatic rings. The molecule has 0 saturated carbocycles. The van der Waals surface area contributed by atoms with Crippen LogP contribution in [-0.2, 0) is 11.3 Å². The fourth-order valence-corrected chi connectivity index (χ4v) is 4.28. The average molecular weight is 333 g/mol. The molecule has 3 rings (SSSR count). The number of piperidine rings is 1. The van der Waals surface area contributed by atoms with E-state index >= 15 is 0 Å². The maximum absolute atomic E-state index is 12.1. The Kier molecular flexibility index (Phi) is 4.53. The molecule has 2 aliphatic heterocycles. The highest BCUT2D eigenvalue weighted by molar-refractivity contribution is 5.74. The number of carboxylic acids is 1. The summed E-state index contributed by atoms with van der Waals surface area (Å²) in [5.74, 6) is -0.704. The highest BCUT2D eigenvalue weighted by Crippen LogP contribution is 2.42. The van der Waals surface area contributed by atoms with Gasteiger partial charge in [-0.3, -0.25) is 19.4 Å². The Hall–Kier alpha value is -1.66. The Morgan fingerprint density at radius 2 is 2.04 bits per heavy atom. The SMILES string of the molecule is Cc1c[nH]c(CN2CCC3(CC2)CC(C(=O)O)N(C)C3)c(C)c1=O. The number of rotatable bonds is 3. The van der Waals surface area contributed by atoms with Crippen molar-refractivity contribution in [2.24, 2.45) is 5.41 Å². The van der Waals surface area contributed by atoms with Gasteiger partial charge < -0.3 is 10.1 Å². The Bertz CT molecular complexity index is 689. The quantitative estimate of drug-likeness (QED) is 0.873. The predicted octanol–water partition coefficient (Wildman–Crippen LogP) is 1.36. The molecule has 2 N–H and O–H groups in total. The molecule has 1 atom stereocenters. The Balaban J connectivity index is 1.63. The van der Waals surface area contributed by atoms with Crippen LogP contribution in [0.4, 0.5) is 0 Å². The molecule has 6 nitrogen and oxygen atoms in total. The van der Waals surface area contributed by atoms with Crippen molar-refractivity contribution in [2.45, 2.75) is 45.7 Å². The molecule has 2 fully saturated rings. The monoisotopic (exact) mass is 333 g/mol. The number of carboxylic acid groups (broad SMARTS) is 1. The number of hydrogen-bond acceptors (Lipinski definition) is 4. The topological polar surface area (TPSA) is 76.6 Å². The smallest absolute Gasteiger partial charge is 0.320 e. The first-order valence-corrected chi connectivity index (χ1v) is 8.64. The van der Waals surface area contributed by atoms with Gasteiger partial charge in [-0.1, -0.05) is 0 Å². The summed E-state index contributed by atoms with van der Waals surface area (Å²) < 4.78 is 0. The maximum atomic E-state index is 12.1. The van der Waals surface area contributed by atoms with Gasteiger partial charge in [-0.25, -0.2) is 0 Å². The fraction of sp³-hybridized carbons (Fsp3) is 0.667. The summed E-state index contributed by atoms with van der Waals surface area (Å²) >= 11 is 0. The zero-order chi connectivity index (χ0) is 17.5. The number of aromatic nitrogens is 1. The second-order valence-electron chi connectivity index (χ2n) is 7.65. The maximum Gasteiger partial charge on any atom is 0.320 e. The van der Waals surface area contributed by atoms with E-state index < -0.39 is 5.97 Å². The molecule has 1 spiro atoms. The molecule has 2 saturated heterocycles. The molecule has 1 aromatic heterocycles. The number of nitrogens with one attached hydrogen (secondary N) is 1. The number of nitrogens with zero attached hydrogens (tertiary/aromatic N) is 2. The van der Waals surface area contributed by atoms with Crippen LogP contribution in [0.1, 0.15) is 36.1 Å². The summed E-state index contributed by atoms with van der Waals surface area (Å²) in [5, 5.41) is 9.34. The van der Waals surface area contributed by atoms with Crippen LogP contribution in [0.5, 0.6) is 0 Å². The van der Waals surface area contributed by atoms with Crippen LogP contribution >= 0.6 is 0 Å². The number of aliphatic carboxylic acids is 1. The number of pyridine rings is 1. The lowest BCUT2D eigenvalue weighted by Crippen LogP contribution is -2.41. The Labute approximate surface area is 142 Å². The van der Waals surface area contributed by atoms with E-state index in [0.29, 0.717) is 0 Å². The lowest BCUT2D eigenvalue weighted by atomic mass is 9.76. The normalized spacial score (nSPS) is 24.5. The molecule has 0 radical (unpaired) electrons. The van der Waals surface area contributed by atoms with E-state index in [9.17, 15) is 14.7 Å². The fourth-order valence-electron chi connectivity index (χ4n) is 4.28. The molecular weight excluding hydrogens is 306 g/mol. The number of aryl methyl sites for hydroxylation is 1. The standard InChI is InChI=1S/C18H27N3O3/c1-12-9-19-14(13(2)16(12)22)10-21-6-4-18(5-7-21)8-15(17(23)24)20(3)11-18/h9,15H,4-8,10-11H2,1-3H3,(H,19,22)(H,23,24). The van der Waals surface area contributed by atoms with Gasteiger partial charge in [0.2, 0.25) is 0 Å². The van der Waals surface area contributed by atoms with Crippen molar-refractivity contribution in [3.8, 4) is 0 Å². The van der Waals surface area contributed by atoms with E-state index in [1.807, 2.05) is 25.8 Å². The van der Waals surface area contributed by atoms with Crippen molar-refractivity contribution in [1.82, 2.24) is 14.8 Å². The second kappa shape index (κ2) is 6.33. The van der Waals surface area contributed by atoms with Gasteiger partial charge in [0.1, 0.15) is 6.04 Å². The molecule has 3 heterocycles. The summed E-state index contributed by atoms with van der Waals surface area (Å²) in [6.07, 6.45) is 4.60. The average Bonchev–Trinajstić information content (AvgIpc) is 2.87. The van der Waals surface area contributed by atoms with E-state index in [2.05, 4.69) is 9.88 Å². The summed E-state index contributed by atoms with van der Waals surface area (Å²) in [5.41, 5.74) is 2.82. The number of carbonyl (C=O) groups is 1. The van der Waals surface area contributed by atoms with Gasteiger partial charge in [0.15, 0.2) is 5.43 Å². The Morgan fingerprint density at radius 3 is 2.62 bits per heavy atom. The number of hydrogen-bond donors (Lipinski definition) is 2. The van der Waals surface area contributed by atoms with Crippen LogP contribution in [0.25, 0.3) is 0 Å². The third kappa shape index (κ3) is 3.13. The molecule has 132 valence electrons. The van der Waals surface area contributed by atoms with Gasteiger partial charge >= 0.3 is 5.97 Å². The number of likely N-dealkylation sites (N-methyl/N-ethyl adjacent to an activating group) is 1. The molecule has 2 aliphatic rings. The molecule has 24 heavy (non-hydrogen) atoms. The van der Waals surface area contributed by atoms with E-state index in [1.54, 1.807) is 6.20 Å². The van der Waals surface area contributed by atoms with Crippen LogP contribution < -0.4 is 5.43 Å². The summed E-state index contributed by atoms with van der Waals surface area (Å²) in [6.45, 7) is 7.25. The first-order chi connectivity index (χ1) is 11.3. The van der Waals surface area contributed by atoms with Crippen LogP contribution in [-0.4, -0.2) is 58.6 Å². The second-order valence-corrected chi connectivity index (χ2v) is 7.65. The zero-order valence-corrected chi connectivity index (χ0v) is 14.8. The van der Waals surface area contributed by atoms with E-state index in [0.717, 1.165) is 62.3 Å². The first-order valence-electron chi connectivity index (χ1n) is 8.64. The van der Waals surface area contributed by atoms with E-state index in [-0.39, 0.29) is 16.9 Å². The minimum Gasteiger partial charge on any atom is -0.480 e. The van der Waals surface area contributed by atoms with Gasteiger partial charge in [-0.2, -0.15) is 0 Å². The first kappa shape index (κ1) is 17.2. The van der Waals surface area contributed by atoms with Gasteiger partial charge in [0.05, 0.1) is 0 Å². The lowest BCUT2D eigenvalue weighted by molar-refractivity contribution is -0.141. The van der Waals surface area contributed by atoms with Gasteiger partial charge in [-0.05, 0) is 58.7 Å².